The summed E-state index contributed by atoms with van der Waals surface area (Å²) >= 11 is 3.38. The van der Waals surface area contributed by atoms with Gasteiger partial charge in [0.25, 0.3) is 5.91 Å². The molecular formula is C16H17BrN2O2. The zero-order valence-corrected chi connectivity index (χ0v) is 13.6. The van der Waals surface area contributed by atoms with E-state index in [1.807, 2.05) is 24.3 Å². The number of halogens is 1. The maximum absolute atomic E-state index is 12.5. The van der Waals surface area contributed by atoms with E-state index in [1.165, 1.54) is 0 Å². The molecule has 110 valence electrons. The van der Waals surface area contributed by atoms with Gasteiger partial charge in [0.05, 0.1) is 12.7 Å². The zero-order chi connectivity index (χ0) is 15.4. The van der Waals surface area contributed by atoms with Gasteiger partial charge in [-0.15, -0.1) is 0 Å². The molecule has 2 rings (SSSR count). The SMILES string of the molecule is COc1ccc(CN(C)C(=O)c2cc(N)ccc2Br)cc1. The molecule has 0 aliphatic carbocycles. The minimum Gasteiger partial charge on any atom is -0.497 e. The lowest BCUT2D eigenvalue weighted by molar-refractivity contribution is 0.0784. The summed E-state index contributed by atoms with van der Waals surface area (Å²) in [5, 5.41) is 0. The molecule has 0 saturated heterocycles. The van der Waals surface area contributed by atoms with Gasteiger partial charge in [-0.05, 0) is 51.8 Å². The van der Waals surface area contributed by atoms with Crippen LogP contribution in [0.1, 0.15) is 15.9 Å². The van der Waals surface area contributed by atoms with Crippen molar-refractivity contribution in [1.29, 1.82) is 0 Å². The van der Waals surface area contributed by atoms with E-state index in [0.717, 1.165) is 15.8 Å². The third kappa shape index (κ3) is 3.76. The highest BCUT2D eigenvalue weighted by molar-refractivity contribution is 9.10. The predicted molar refractivity (Wildman–Crippen MR) is 87.3 cm³/mol. The molecule has 21 heavy (non-hydrogen) atoms. The molecule has 4 nitrogen and oxygen atoms in total. The number of nitrogens with two attached hydrogens (primary N) is 1. The molecule has 0 aliphatic heterocycles. The second kappa shape index (κ2) is 6.63. The lowest BCUT2D eigenvalue weighted by atomic mass is 10.1. The van der Waals surface area contributed by atoms with Crippen LogP contribution in [0.2, 0.25) is 0 Å². The Bertz CT molecular complexity index is 641. The Kier molecular flexibility index (Phi) is 4.85. The van der Waals surface area contributed by atoms with E-state index < -0.39 is 0 Å². The maximum atomic E-state index is 12.5. The summed E-state index contributed by atoms with van der Waals surface area (Å²) in [4.78, 5) is 14.1. The number of ether oxygens (including phenoxy) is 1. The minimum absolute atomic E-state index is 0.0787. The van der Waals surface area contributed by atoms with Crippen molar-refractivity contribution in [1.82, 2.24) is 4.90 Å². The monoisotopic (exact) mass is 348 g/mol. The van der Waals surface area contributed by atoms with E-state index in [2.05, 4.69) is 15.9 Å². The Morgan fingerprint density at radius 2 is 1.90 bits per heavy atom. The first-order valence-corrected chi connectivity index (χ1v) is 7.24. The van der Waals surface area contributed by atoms with E-state index in [-0.39, 0.29) is 5.91 Å². The highest BCUT2D eigenvalue weighted by Gasteiger charge is 2.15. The van der Waals surface area contributed by atoms with Crippen molar-refractivity contribution in [2.75, 3.05) is 19.9 Å². The van der Waals surface area contributed by atoms with Gasteiger partial charge in [-0.1, -0.05) is 12.1 Å². The molecule has 0 aliphatic rings. The van der Waals surface area contributed by atoms with Crippen LogP contribution in [0.5, 0.6) is 5.75 Å². The first-order chi connectivity index (χ1) is 10.0. The molecule has 0 bridgehead atoms. The second-order valence-electron chi connectivity index (χ2n) is 4.75. The number of hydrogen-bond donors (Lipinski definition) is 1. The smallest absolute Gasteiger partial charge is 0.255 e. The van der Waals surface area contributed by atoms with Gasteiger partial charge in [-0.3, -0.25) is 4.79 Å². The van der Waals surface area contributed by atoms with Gasteiger partial charge >= 0.3 is 0 Å². The quantitative estimate of drug-likeness (QED) is 0.862. The van der Waals surface area contributed by atoms with Crippen LogP contribution in [0, 0.1) is 0 Å². The number of rotatable bonds is 4. The molecule has 2 aromatic carbocycles. The van der Waals surface area contributed by atoms with E-state index in [9.17, 15) is 4.79 Å². The molecule has 1 amide bonds. The van der Waals surface area contributed by atoms with Gasteiger partial charge in [0.1, 0.15) is 5.75 Å². The summed E-state index contributed by atoms with van der Waals surface area (Å²) in [6.07, 6.45) is 0. The predicted octanol–water partition coefficient (Wildman–Crippen LogP) is 3.31. The van der Waals surface area contributed by atoms with Gasteiger partial charge in [0.2, 0.25) is 0 Å². The van der Waals surface area contributed by atoms with Crippen molar-refractivity contribution in [2.24, 2.45) is 0 Å². The van der Waals surface area contributed by atoms with E-state index >= 15 is 0 Å². The van der Waals surface area contributed by atoms with Gasteiger partial charge in [0.15, 0.2) is 0 Å². The van der Waals surface area contributed by atoms with E-state index in [4.69, 9.17) is 10.5 Å². The molecule has 0 heterocycles. The third-order valence-electron chi connectivity index (χ3n) is 3.15. The number of methoxy groups -OCH3 is 1. The highest BCUT2D eigenvalue weighted by atomic mass is 79.9. The van der Waals surface area contributed by atoms with Crippen LogP contribution in [0.15, 0.2) is 46.9 Å². The molecule has 2 aromatic rings. The lowest BCUT2D eigenvalue weighted by Gasteiger charge is -2.18. The number of hydrogen-bond acceptors (Lipinski definition) is 3. The van der Waals surface area contributed by atoms with Crippen molar-refractivity contribution in [3.8, 4) is 5.75 Å². The van der Waals surface area contributed by atoms with Crippen LogP contribution in [-0.4, -0.2) is 25.0 Å². The fourth-order valence-electron chi connectivity index (χ4n) is 1.99. The summed E-state index contributed by atoms with van der Waals surface area (Å²) in [5.74, 6) is 0.719. The molecule has 5 heteroatoms. The van der Waals surface area contributed by atoms with Crippen molar-refractivity contribution in [3.63, 3.8) is 0 Å². The summed E-state index contributed by atoms with van der Waals surface area (Å²) in [6.45, 7) is 0.518. The molecule has 0 fully saturated rings. The standard InChI is InChI=1S/C16H17BrN2O2/c1-19(10-11-3-6-13(21-2)7-4-11)16(20)14-9-12(18)5-8-15(14)17/h3-9H,10,18H2,1-2H3. The van der Waals surface area contributed by atoms with Crippen LogP contribution in [0.4, 0.5) is 5.69 Å². The summed E-state index contributed by atoms with van der Waals surface area (Å²) < 4.78 is 5.86. The minimum atomic E-state index is -0.0787. The zero-order valence-electron chi connectivity index (χ0n) is 12.0. The topological polar surface area (TPSA) is 55.6 Å². The average molecular weight is 349 g/mol. The van der Waals surface area contributed by atoms with Gasteiger partial charge in [-0.2, -0.15) is 0 Å². The molecular weight excluding hydrogens is 332 g/mol. The van der Waals surface area contributed by atoms with Gasteiger partial charge in [0, 0.05) is 23.8 Å². The Balaban J connectivity index is 2.13. The Hall–Kier alpha value is -2.01. The first kappa shape index (κ1) is 15.4. The maximum Gasteiger partial charge on any atom is 0.255 e. The van der Waals surface area contributed by atoms with E-state index in [1.54, 1.807) is 37.3 Å². The molecule has 0 unspecified atom stereocenters. The van der Waals surface area contributed by atoms with Gasteiger partial charge in [-0.25, -0.2) is 0 Å². The number of nitrogen functional groups attached to an aromatic ring is 1. The molecule has 0 radical (unpaired) electrons. The van der Waals surface area contributed by atoms with Crippen molar-refractivity contribution in [3.05, 3.63) is 58.1 Å². The van der Waals surface area contributed by atoms with Crippen LogP contribution >= 0.6 is 15.9 Å². The fourth-order valence-corrected chi connectivity index (χ4v) is 2.41. The Labute approximate surface area is 132 Å². The van der Waals surface area contributed by atoms with Crippen molar-refractivity contribution >= 4 is 27.5 Å². The second-order valence-corrected chi connectivity index (χ2v) is 5.60. The van der Waals surface area contributed by atoms with Crippen LogP contribution in [0.3, 0.4) is 0 Å². The molecule has 0 atom stereocenters. The number of anilines is 1. The number of nitrogens with zero attached hydrogens (tertiary/aromatic N) is 1. The average Bonchev–Trinajstić information content (AvgIpc) is 2.49. The van der Waals surface area contributed by atoms with Crippen LogP contribution < -0.4 is 10.5 Å². The molecule has 0 saturated carbocycles. The van der Waals surface area contributed by atoms with E-state index in [0.29, 0.717) is 17.8 Å². The third-order valence-corrected chi connectivity index (χ3v) is 3.84. The Morgan fingerprint density at radius 1 is 1.24 bits per heavy atom. The summed E-state index contributed by atoms with van der Waals surface area (Å²) in [5.41, 5.74) is 7.91. The largest absolute Gasteiger partial charge is 0.497 e. The molecule has 2 N–H and O–H groups in total. The fraction of sp³-hybridized carbons (Fsp3) is 0.188. The van der Waals surface area contributed by atoms with Crippen molar-refractivity contribution in [2.45, 2.75) is 6.54 Å². The summed E-state index contributed by atoms with van der Waals surface area (Å²) in [7, 11) is 3.39. The number of carbonyl (C=O) groups is 1. The molecule has 0 aromatic heterocycles. The first-order valence-electron chi connectivity index (χ1n) is 6.44. The van der Waals surface area contributed by atoms with Crippen LogP contribution in [0.25, 0.3) is 0 Å². The van der Waals surface area contributed by atoms with Crippen molar-refractivity contribution < 1.29 is 9.53 Å². The number of benzene rings is 2. The lowest BCUT2D eigenvalue weighted by Crippen LogP contribution is -2.26. The molecule has 0 spiro atoms. The number of carbonyl (C=O) groups excluding carboxylic acids is 1. The number of amides is 1. The van der Waals surface area contributed by atoms with Crippen LogP contribution in [-0.2, 0) is 6.54 Å². The normalized spacial score (nSPS) is 10.2. The summed E-state index contributed by atoms with van der Waals surface area (Å²) in [6, 6.07) is 12.9. The highest BCUT2D eigenvalue weighted by Crippen LogP contribution is 2.22. The van der Waals surface area contributed by atoms with Gasteiger partial charge < -0.3 is 15.4 Å². The Morgan fingerprint density at radius 3 is 2.52 bits per heavy atom.